The number of hydrogen-bond acceptors (Lipinski definition) is 4. The average Bonchev–Trinajstić information content (AvgIpc) is 2.73. The number of benzene rings is 2. The molecule has 0 saturated carbocycles. The van der Waals surface area contributed by atoms with E-state index in [1.165, 1.54) is 24.3 Å². The molecule has 29 heavy (non-hydrogen) atoms. The van der Waals surface area contributed by atoms with Crippen molar-refractivity contribution < 1.29 is 13.2 Å². The number of nitrogens with zero attached hydrogens (tertiary/aromatic N) is 1. The number of halogens is 1. The minimum atomic E-state index is -3.90. The van der Waals surface area contributed by atoms with E-state index in [4.69, 9.17) is 11.6 Å². The van der Waals surface area contributed by atoms with Gasteiger partial charge in [-0.25, -0.2) is 8.42 Å². The Balaban J connectivity index is 1.78. The summed E-state index contributed by atoms with van der Waals surface area (Å²) in [5.74, 6) is -0.414. The van der Waals surface area contributed by atoms with Crippen molar-refractivity contribution in [3.8, 4) is 0 Å². The fourth-order valence-electron chi connectivity index (χ4n) is 2.72. The summed E-state index contributed by atoms with van der Waals surface area (Å²) in [6.07, 6.45) is 3.48. The van der Waals surface area contributed by atoms with Gasteiger partial charge in [0.15, 0.2) is 0 Å². The van der Waals surface area contributed by atoms with Crippen molar-refractivity contribution in [3.63, 3.8) is 0 Å². The summed E-state index contributed by atoms with van der Waals surface area (Å²) in [6.45, 7) is 0.273. The van der Waals surface area contributed by atoms with E-state index in [1.807, 2.05) is 30.3 Å². The topological polar surface area (TPSA) is 88.2 Å². The summed E-state index contributed by atoms with van der Waals surface area (Å²) in [7, 11) is -3.90. The highest BCUT2D eigenvalue weighted by atomic mass is 35.5. The minimum Gasteiger partial charge on any atom is -0.351 e. The lowest BCUT2D eigenvalue weighted by Crippen LogP contribution is -2.47. The fourth-order valence-corrected chi connectivity index (χ4v) is 4.04. The van der Waals surface area contributed by atoms with Crippen molar-refractivity contribution in [3.05, 3.63) is 95.3 Å². The molecule has 0 spiro atoms. The Morgan fingerprint density at radius 1 is 0.931 bits per heavy atom. The predicted molar refractivity (Wildman–Crippen MR) is 112 cm³/mol. The molecule has 2 N–H and O–H groups in total. The van der Waals surface area contributed by atoms with E-state index < -0.39 is 22.0 Å². The van der Waals surface area contributed by atoms with Gasteiger partial charge in [-0.05, 0) is 53.9 Å². The molecule has 0 radical (unpaired) electrons. The Kier molecular flexibility index (Phi) is 6.98. The van der Waals surface area contributed by atoms with Crippen LogP contribution in [0.1, 0.15) is 11.1 Å². The van der Waals surface area contributed by atoms with Crippen LogP contribution in [0.4, 0.5) is 0 Å². The van der Waals surface area contributed by atoms with Crippen molar-refractivity contribution in [2.24, 2.45) is 0 Å². The number of amides is 1. The van der Waals surface area contributed by atoms with E-state index in [9.17, 15) is 13.2 Å². The Hall–Kier alpha value is -2.74. The average molecular weight is 430 g/mol. The van der Waals surface area contributed by atoms with Crippen LogP contribution >= 0.6 is 11.6 Å². The first-order valence-electron chi connectivity index (χ1n) is 8.92. The number of carbonyl (C=O) groups is 1. The van der Waals surface area contributed by atoms with Gasteiger partial charge in [0, 0.05) is 24.0 Å². The van der Waals surface area contributed by atoms with E-state index in [1.54, 1.807) is 24.5 Å². The highest BCUT2D eigenvalue weighted by Gasteiger charge is 2.26. The lowest BCUT2D eigenvalue weighted by molar-refractivity contribution is -0.122. The smallest absolute Gasteiger partial charge is 0.241 e. The summed E-state index contributed by atoms with van der Waals surface area (Å²) in [5, 5.41) is 3.22. The van der Waals surface area contributed by atoms with Gasteiger partial charge in [-0.2, -0.15) is 4.72 Å². The Morgan fingerprint density at radius 2 is 1.59 bits per heavy atom. The summed E-state index contributed by atoms with van der Waals surface area (Å²) in [4.78, 5) is 16.8. The van der Waals surface area contributed by atoms with E-state index >= 15 is 0 Å². The van der Waals surface area contributed by atoms with Crippen LogP contribution in [0.25, 0.3) is 0 Å². The molecular weight excluding hydrogens is 410 g/mol. The number of pyridine rings is 1. The molecule has 150 valence electrons. The summed E-state index contributed by atoms with van der Waals surface area (Å²) in [6, 6.07) is 17.6. The van der Waals surface area contributed by atoms with Crippen molar-refractivity contribution >= 4 is 27.5 Å². The van der Waals surface area contributed by atoms with Crippen LogP contribution < -0.4 is 10.0 Å². The zero-order chi connectivity index (χ0) is 20.7. The van der Waals surface area contributed by atoms with E-state index in [2.05, 4.69) is 15.0 Å². The first-order chi connectivity index (χ1) is 13.9. The van der Waals surface area contributed by atoms with Crippen LogP contribution in [-0.4, -0.2) is 25.4 Å². The van der Waals surface area contributed by atoms with Crippen LogP contribution in [0.15, 0.2) is 84.0 Å². The molecule has 0 aliphatic carbocycles. The van der Waals surface area contributed by atoms with Gasteiger partial charge in [0.1, 0.15) is 6.04 Å². The van der Waals surface area contributed by atoms with Crippen molar-refractivity contribution in [2.45, 2.75) is 23.9 Å². The molecule has 1 atom stereocenters. The third kappa shape index (κ3) is 6.12. The predicted octanol–water partition coefficient (Wildman–Crippen LogP) is 2.94. The van der Waals surface area contributed by atoms with Gasteiger partial charge >= 0.3 is 0 Å². The third-order valence-electron chi connectivity index (χ3n) is 4.24. The standard InChI is InChI=1S/C21H20ClN3O3S/c22-18-6-8-19(9-7-18)29(27,28)25-20(14-16-4-2-1-3-5-16)21(26)24-15-17-10-12-23-13-11-17/h1-13,20,25H,14-15H2,(H,24,26)/t20-/m0/s1. The molecule has 0 fully saturated rings. The fraction of sp³-hybridized carbons (Fsp3) is 0.143. The Morgan fingerprint density at radius 3 is 2.24 bits per heavy atom. The van der Waals surface area contributed by atoms with Crippen LogP contribution in [0, 0.1) is 0 Å². The second-order valence-corrected chi connectivity index (χ2v) is 8.54. The molecule has 0 unspecified atom stereocenters. The van der Waals surface area contributed by atoms with Gasteiger partial charge < -0.3 is 5.32 Å². The van der Waals surface area contributed by atoms with Gasteiger partial charge in [-0.15, -0.1) is 0 Å². The summed E-state index contributed by atoms with van der Waals surface area (Å²) >= 11 is 5.84. The number of nitrogens with one attached hydrogen (secondary N) is 2. The molecular formula is C21H20ClN3O3S. The molecule has 3 aromatic rings. The minimum absolute atomic E-state index is 0.0434. The number of rotatable bonds is 8. The number of carbonyl (C=O) groups excluding carboxylic acids is 1. The third-order valence-corrected chi connectivity index (χ3v) is 5.98. The largest absolute Gasteiger partial charge is 0.351 e. The van der Waals surface area contributed by atoms with Gasteiger partial charge in [-0.1, -0.05) is 41.9 Å². The number of aromatic nitrogens is 1. The second-order valence-electron chi connectivity index (χ2n) is 6.39. The quantitative estimate of drug-likeness (QED) is 0.576. The maximum absolute atomic E-state index is 12.8. The van der Waals surface area contributed by atoms with Crippen LogP contribution in [0.2, 0.25) is 5.02 Å². The van der Waals surface area contributed by atoms with Gasteiger partial charge in [0.2, 0.25) is 15.9 Å². The molecule has 1 amide bonds. The molecule has 6 nitrogen and oxygen atoms in total. The lowest BCUT2D eigenvalue weighted by atomic mass is 10.1. The molecule has 0 aliphatic heterocycles. The summed E-state index contributed by atoms with van der Waals surface area (Å²) < 4.78 is 28.1. The number of sulfonamides is 1. The van der Waals surface area contributed by atoms with E-state index in [-0.39, 0.29) is 17.9 Å². The van der Waals surface area contributed by atoms with Crippen molar-refractivity contribution in [1.29, 1.82) is 0 Å². The van der Waals surface area contributed by atoms with Crippen LogP contribution in [0.3, 0.4) is 0 Å². The molecule has 1 aromatic heterocycles. The molecule has 1 heterocycles. The number of hydrogen-bond donors (Lipinski definition) is 2. The first-order valence-corrected chi connectivity index (χ1v) is 10.8. The SMILES string of the molecule is O=C(NCc1ccncc1)[C@H](Cc1ccccc1)NS(=O)(=O)c1ccc(Cl)cc1. The van der Waals surface area contributed by atoms with Crippen LogP contribution in [-0.2, 0) is 27.8 Å². The van der Waals surface area contributed by atoms with E-state index in [0.29, 0.717) is 5.02 Å². The maximum atomic E-state index is 12.8. The Bertz CT molecular complexity index is 1040. The second kappa shape index (κ2) is 9.65. The van der Waals surface area contributed by atoms with Crippen molar-refractivity contribution in [2.75, 3.05) is 0 Å². The molecule has 3 rings (SSSR count). The van der Waals surface area contributed by atoms with Gasteiger partial charge in [0.05, 0.1) is 4.90 Å². The van der Waals surface area contributed by atoms with Crippen molar-refractivity contribution in [1.82, 2.24) is 15.0 Å². The monoisotopic (exact) mass is 429 g/mol. The van der Waals surface area contributed by atoms with E-state index in [0.717, 1.165) is 11.1 Å². The molecule has 2 aromatic carbocycles. The molecule has 8 heteroatoms. The summed E-state index contributed by atoms with van der Waals surface area (Å²) in [5.41, 5.74) is 1.71. The molecule has 0 aliphatic rings. The lowest BCUT2D eigenvalue weighted by Gasteiger charge is -2.19. The molecule has 0 saturated heterocycles. The highest BCUT2D eigenvalue weighted by Crippen LogP contribution is 2.15. The zero-order valence-corrected chi connectivity index (χ0v) is 17.0. The highest BCUT2D eigenvalue weighted by molar-refractivity contribution is 7.89. The first kappa shape index (κ1) is 21.0. The zero-order valence-electron chi connectivity index (χ0n) is 15.5. The molecule has 0 bridgehead atoms. The maximum Gasteiger partial charge on any atom is 0.241 e. The Labute approximate surface area is 175 Å². The van der Waals surface area contributed by atoms with Crippen LogP contribution in [0.5, 0.6) is 0 Å². The van der Waals surface area contributed by atoms with Gasteiger partial charge in [0.25, 0.3) is 0 Å². The van der Waals surface area contributed by atoms with Gasteiger partial charge in [-0.3, -0.25) is 9.78 Å². The normalized spacial score (nSPS) is 12.3.